The van der Waals surface area contributed by atoms with E-state index in [9.17, 15) is 13.5 Å². The smallest absolute Gasteiger partial charge is 0.242 e. The van der Waals surface area contributed by atoms with Gasteiger partial charge in [0, 0.05) is 14.1 Å². The van der Waals surface area contributed by atoms with Gasteiger partial charge in [-0.05, 0) is 24.1 Å². The quantitative estimate of drug-likeness (QED) is 0.680. The molecule has 0 amide bonds. The minimum absolute atomic E-state index is 0.0190. The van der Waals surface area contributed by atoms with Crippen molar-refractivity contribution in [3.63, 3.8) is 0 Å². The van der Waals surface area contributed by atoms with Crippen molar-refractivity contribution in [1.29, 1.82) is 0 Å². The molecule has 0 aliphatic carbocycles. The van der Waals surface area contributed by atoms with Gasteiger partial charge < -0.3 is 16.2 Å². The van der Waals surface area contributed by atoms with E-state index < -0.39 is 10.0 Å². The van der Waals surface area contributed by atoms with Gasteiger partial charge in [-0.15, -0.1) is 0 Å². The molecule has 1 unspecified atom stereocenters. The fraction of sp³-hybridized carbons (Fsp3) is 0.538. The standard InChI is InChI=1S/C13H23N3O3S/c1-9(2)13(8-17)15-12-6-5-10(7-11(12)14)20(18,19)16(3)4/h5-7,9,13,15,17H,8,14H2,1-4H3. The molecule has 0 saturated carbocycles. The Balaban J connectivity index is 3.06. The number of nitrogens with two attached hydrogens (primary N) is 1. The number of aliphatic hydroxyl groups excluding tert-OH is 1. The van der Waals surface area contributed by atoms with Crippen LogP contribution in [-0.4, -0.2) is 44.6 Å². The number of nitrogens with one attached hydrogen (secondary N) is 1. The number of benzene rings is 1. The highest BCUT2D eigenvalue weighted by Gasteiger charge is 2.19. The van der Waals surface area contributed by atoms with E-state index >= 15 is 0 Å². The summed E-state index contributed by atoms with van der Waals surface area (Å²) in [7, 11) is -0.549. The first-order chi connectivity index (χ1) is 9.20. The molecule has 20 heavy (non-hydrogen) atoms. The van der Waals surface area contributed by atoms with Crippen LogP contribution in [0.5, 0.6) is 0 Å². The first kappa shape index (κ1) is 16.7. The molecule has 114 valence electrons. The Labute approximate surface area is 120 Å². The Bertz CT molecular complexity index is 556. The van der Waals surface area contributed by atoms with Crippen LogP contribution < -0.4 is 11.1 Å². The van der Waals surface area contributed by atoms with E-state index in [-0.39, 0.29) is 23.5 Å². The molecule has 0 heterocycles. The van der Waals surface area contributed by atoms with Crippen LogP contribution in [0.1, 0.15) is 13.8 Å². The zero-order valence-electron chi connectivity index (χ0n) is 12.3. The largest absolute Gasteiger partial charge is 0.397 e. The Morgan fingerprint density at radius 3 is 2.35 bits per heavy atom. The van der Waals surface area contributed by atoms with Crippen molar-refractivity contribution in [2.75, 3.05) is 31.8 Å². The maximum absolute atomic E-state index is 12.0. The van der Waals surface area contributed by atoms with Crippen molar-refractivity contribution in [1.82, 2.24) is 4.31 Å². The Morgan fingerprint density at radius 1 is 1.35 bits per heavy atom. The second-order valence-corrected chi connectivity index (χ2v) is 7.37. The predicted molar refractivity (Wildman–Crippen MR) is 81.1 cm³/mol. The minimum Gasteiger partial charge on any atom is -0.397 e. The van der Waals surface area contributed by atoms with Crippen molar-refractivity contribution in [2.24, 2.45) is 5.92 Å². The van der Waals surface area contributed by atoms with E-state index in [1.54, 1.807) is 6.07 Å². The number of nitrogen functional groups attached to an aromatic ring is 1. The average molecular weight is 301 g/mol. The summed E-state index contributed by atoms with van der Waals surface area (Å²) in [6.45, 7) is 3.94. The molecule has 0 fully saturated rings. The Morgan fingerprint density at radius 2 is 1.95 bits per heavy atom. The van der Waals surface area contributed by atoms with E-state index in [4.69, 9.17) is 5.73 Å². The lowest BCUT2D eigenvalue weighted by Gasteiger charge is -2.22. The maximum Gasteiger partial charge on any atom is 0.242 e. The number of hydrogen-bond donors (Lipinski definition) is 3. The predicted octanol–water partition coefficient (Wildman–Crippen LogP) is 0.948. The zero-order chi connectivity index (χ0) is 15.5. The summed E-state index contributed by atoms with van der Waals surface area (Å²) in [6.07, 6.45) is 0. The summed E-state index contributed by atoms with van der Waals surface area (Å²) in [5, 5.41) is 12.4. The summed E-state index contributed by atoms with van der Waals surface area (Å²) >= 11 is 0. The van der Waals surface area contributed by atoms with Crippen LogP contribution in [0.15, 0.2) is 23.1 Å². The second-order valence-electron chi connectivity index (χ2n) is 5.21. The lowest BCUT2D eigenvalue weighted by atomic mass is 10.0. The highest BCUT2D eigenvalue weighted by atomic mass is 32.2. The van der Waals surface area contributed by atoms with E-state index in [2.05, 4.69) is 5.32 Å². The first-order valence-electron chi connectivity index (χ1n) is 6.39. The van der Waals surface area contributed by atoms with Crippen molar-refractivity contribution in [3.8, 4) is 0 Å². The van der Waals surface area contributed by atoms with Crippen molar-refractivity contribution in [2.45, 2.75) is 24.8 Å². The molecule has 0 aromatic heterocycles. The summed E-state index contributed by atoms with van der Waals surface area (Å²) < 4.78 is 25.1. The minimum atomic E-state index is -3.49. The van der Waals surface area contributed by atoms with Crippen LogP contribution in [0.25, 0.3) is 0 Å². The van der Waals surface area contributed by atoms with Crippen LogP contribution in [0.4, 0.5) is 11.4 Å². The molecule has 1 aromatic carbocycles. The van der Waals surface area contributed by atoms with Crippen molar-refractivity contribution >= 4 is 21.4 Å². The molecule has 0 radical (unpaired) electrons. The fourth-order valence-corrected chi connectivity index (χ4v) is 2.60. The third-order valence-electron chi connectivity index (χ3n) is 3.14. The van der Waals surface area contributed by atoms with Gasteiger partial charge in [0.1, 0.15) is 0 Å². The molecule has 4 N–H and O–H groups in total. The molecule has 0 bridgehead atoms. The van der Waals surface area contributed by atoms with Crippen molar-refractivity contribution < 1.29 is 13.5 Å². The number of sulfonamides is 1. The molecule has 6 nitrogen and oxygen atoms in total. The monoisotopic (exact) mass is 301 g/mol. The lowest BCUT2D eigenvalue weighted by Crippen LogP contribution is -2.30. The van der Waals surface area contributed by atoms with Crippen molar-refractivity contribution in [3.05, 3.63) is 18.2 Å². The molecule has 0 aliphatic rings. The van der Waals surface area contributed by atoms with Gasteiger partial charge >= 0.3 is 0 Å². The van der Waals surface area contributed by atoms with E-state index in [0.29, 0.717) is 11.4 Å². The van der Waals surface area contributed by atoms with Gasteiger partial charge in [0.2, 0.25) is 10.0 Å². The highest BCUT2D eigenvalue weighted by molar-refractivity contribution is 7.89. The van der Waals surface area contributed by atoms with E-state index in [1.807, 2.05) is 13.8 Å². The van der Waals surface area contributed by atoms with Gasteiger partial charge in [0.25, 0.3) is 0 Å². The average Bonchev–Trinajstić information content (AvgIpc) is 2.36. The van der Waals surface area contributed by atoms with Gasteiger partial charge in [0.05, 0.1) is 28.9 Å². The van der Waals surface area contributed by atoms with Gasteiger partial charge in [-0.3, -0.25) is 0 Å². The number of anilines is 2. The summed E-state index contributed by atoms with van der Waals surface area (Å²) in [5.41, 5.74) is 6.85. The maximum atomic E-state index is 12.0. The third-order valence-corrected chi connectivity index (χ3v) is 4.96. The summed E-state index contributed by atoms with van der Waals surface area (Å²) in [6, 6.07) is 4.42. The molecule has 7 heteroatoms. The molecule has 0 spiro atoms. The van der Waals surface area contributed by atoms with E-state index in [1.165, 1.54) is 26.2 Å². The molecule has 1 atom stereocenters. The second kappa shape index (κ2) is 6.43. The normalized spacial score (nSPS) is 13.8. The molecule has 0 aliphatic heterocycles. The van der Waals surface area contributed by atoms with Crippen LogP contribution >= 0.6 is 0 Å². The SMILES string of the molecule is CC(C)C(CO)Nc1ccc(S(=O)(=O)N(C)C)cc1N. The Kier molecular flexibility index (Phi) is 5.38. The number of nitrogens with zero attached hydrogens (tertiary/aromatic N) is 1. The number of rotatable bonds is 6. The van der Waals surface area contributed by atoms with Crippen LogP contribution in [0, 0.1) is 5.92 Å². The molecule has 1 rings (SSSR count). The van der Waals surface area contributed by atoms with Gasteiger partial charge in [-0.2, -0.15) is 0 Å². The molecular weight excluding hydrogens is 278 g/mol. The van der Waals surface area contributed by atoms with E-state index in [0.717, 1.165) is 4.31 Å². The molecule has 1 aromatic rings. The van der Waals surface area contributed by atoms with Crippen LogP contribution in [0.3, 0.4) is 0 Å². The summed E-state index contributed by atoms with van der Waals surface area (Å²) in [4.78, 5) is 0.149. The Hall–Kier alpha value is -1.31. The topological polar surface area (TPSA) is 95.7 Å². The zero-order valence-corrected chi connectivity index (χ0v) is 13.1. The number of hydrogen-bond acceptors (Lipinski definition) is 5. The fourth-order valence-electron chi connectivity index (χ4n) is 1.67. The van der Waals surface area contributed by atoms with Crippen LogP contribution in [-0.2, 0) is 10.0 Å². The van der Waals surface area contributed by atoms with Gasteiger partial charge in [-0.25, -0.2) is 12.7 Å². The first-order valence-corrected chi connectivity index (χ1v) is 7.83. The molecular formula is C13H23N3O3S. The highest BCUT2D eigenvalue weighted by Crippen LogP contribution is 2.25. The third kappa shape index (κ3) is 3.62. The van der Waals surface area contributed by atoms with Gasteiger partial charge in [0.15, 0.2) is 0 Å². The van der Waals surface area contributed by atoms with Gasteiger partial charge in [-0.1, -0.05) is 13.8 Å². The molecule has 0 saturated heterocycles. The summed E-state index contributed by atoms with van der Waals surface area (Å²) in [5.74, 6) is 0.226. The van der Waals surface area contributed by atoms with Crippen LogP contribution in [0.2, 0.25) is 0 Å². The number of aliphatic hydroxyl groups is 1. The lowest BCUT2D eigenvalue weighted by molar-refractivity contribution is 0.249.